The van der Waals surface area contributed by atoms with Crippen LogP contribution in [0.4, 0.5) is 5.69 Å². The molecule has 4 rings (SSSR count). The molecule has 2 atom stereocenters. The van der Waals surface area contributed by atoms with Gasteiger partial charge in [-0.25, -0.2) is 8.42 Å². The number of carbonyl (C=O) groups is 1. The van der Waals surface area contributed by atoms with Crippen molar-refractivity contribution in [1.82, 2.24) is 4.31 Å². The molecule has 0 aromatic heterocycles. The Hall–Kier alpha value is -2.18. The molecule has 5 nitrogen and oxygen atoms in total. The van der Waals surface area contributed by atoms with Gasteiger partial charge in [0.25, 0.3) is 5.91 Å². The van der Waals surface area contributed by atoms with Crippen LogP contribution < -0.4 is 5.32 Å². The summed E-state index contributed by atoms with van der Waals surface area (Å²) in [7, 11) is -3.53. The quantitative estimate of drug-likeness (QED) is 0.822. The molecule has 1 N–H and O–H groups in total. The number of nitrogens with zero attached hydrogens (tertiary/aromatic N) is 1. The average Bonchev–Trinajstić information content (AvgIpc) is 3.15. The highest BCUT2D eigenvalue weighted by Crippen LogP contribution is 2.27. The van der Waals surface area contributed by atoms with Gasteiger partial charge in [-0.1, -0.05) is 19.9 Å². The lowest BCUT2D eigenvalue weighted by Crippen LogP contribution is -2.42. The van der Waals surface area contributed by atoms with Gasteiger partial charge in [0.2, 0.25) is 10.0 Å². The molecule has 1 saturated heterocycles. The molecule has 1 aliphatic carbocycles. The van der Waals surface area contributed by atoms with Crippen molar-refractivity contribution >= 4 is 21.6 Å². The van der Waals surface area contributed by atoms with Crippen LogP contribution >= 0.6 is 0 Å². The van der Waals surface area contributed by atoms with E-state index in [9.17, 15) is 13.2 Å². The van der Waals surface area contributed by atoms with Crippen LogP contribution in [-0.2, 0) is 22.9 Å². The molecule has 29 heavy (non-hydrogen) atoms. The van der Waals surface area contributed by atoms with E-state index in [1.165, 1.54) is 23.3 Å². The number of carbonyl (C=O) groups excluding carboxylic acids is 1. The molecule has 0 spiro atoms. The SMILES string of the molecule is CC1CC(C)CN(S(=O)(=O)c2ccc(C(=O)Nc3ccc4c(c3)CCC4)cc2)C1. The molecular formula is C23H28N2O3S. The highest BCUT2D eigenvalue weighted by atomic mass is 32.2. The number of hydrogen-bond acceptors (Lipinski definition) is 3. The first-order valence-corrected chi connectivity index (χ1v) is 11.8. The minimum atomic E-state index is -3.53. The molecule has 154 valence electrons. The zero-order chi connectivity index (χ0) is 20.6. The molecule has 0 bridgehead atoms. The lowest BCUT2D eigenvalue weighted by Gasteiger charge is -2.34. The second-order valence-electron chi connectivity index (χ2n) is 8.58. The van der Waals surface area contributed by atoms with Gasteiger partial charge < -0.3 is 5.32 Å². The lowest BCUT2D eigenvalue weighted by atomic mass is 9.94. The lowest BCUT2D eigenvalue weighted by molar-refractivity contribution is 0.102. The predicted molar refractivity (Wildman–Crippen MR) is 115 cm³/mol. The van der Waals surface area contributed by atoms with E-state index in [-0.39, 0.29) is 10.8 Å². The second kappa shape index (κ2) is 7.92. The van der Waals surface area contributed by atoms with Crippen LogP contribution in [0.1, 0.15) is 48.2 Å². The van der Waals surface area contributed by atoms with Gasteiger partial charge in [0, 0.05) is 24.3 Å². The van der Waals surface area contributed by atoms with Crippen molar-refractivity contribution in [1.29, 1.82) is 0 Å². The number of aryl methyl sites for hydroxylation is 2. The maximum atomic E-state index is 13.0. The fraction of sp³-hybridized carbons (Fsp3) is 0.435. The molecule has 2 aromatic carbocycles. The summed E-state index contributed by atoms with van der Waals surface area (Å²) < 4.78 is 27.5. The van der Waals surface area contributed by atoms with Crippen molar-refractivity contribution in [2.45, 2.75) is 44.4 Å². The molecule has 1 amide bonds. The number of benzene rings is 2. The van der Waals surface area contributed by atoms with Crippen LogP contribution in [0.3, 0.4) is 0 Å². The Kier molecular flexibility index (Phi) is 5.49. The molecule has 2 aliphatic rings. The maximum Gasteiger partial charge on any atom is 0.255 e. The zero-order valence-corrected chi connectivity index (χ0v) is 17.8. The molecule has 1 heterocycles. The Morgan fingerprint density at radius 3 is 2.31 bits per heavy atom. The van der Waals surface area contributed by atoms with Gasteiger partial charge in [0.15, 0.2) is 0 Å². The molecule has 0 saturated carbocycles. The standard InChI is InChI=1S/C23H28N2O3S/c1-16-12-17(2)15-25(14-16)29(27,28)22-10-7-19(8-11-22)23(26)24-21-9-6-18-4-3-5-20(18)13-21/h6-11,13,16-17H,3-5,12,14-15H2,1-2H3,(H,24,26). The number of fused-ring (bicyclic) bond motifs is 1. The van der Waals surface area contributed by atoms with Crippen LogP contribution in [0, 0.1) is 11.8 Å². The van der Waals surface area contributed by atoms with Crippen molar-refractivity contribution < 1.29 is 13.2 Å². The molecule has 6 heteroatoms. The van der Waals surface area contributed by atoms with E-state index in [0.717, 1.165) is 31.4 Å². The predicted octanol–water partition coefficient (Wildman–Crippen LogP) is 4.09. The summed E-state index contributed by atoms with van der Waals surface area (Å²) in [6, 6.07) is 12.3. The summed E-state index contributed by atoms with van der Waals surface area (Å²) in [4.78, 5) is 12.8. The van der Waals surface area contributed by atoms with E-state index >= 15 is 0 Å². The van der Waals surface area contributed by atoms with Crippen LogP contribution in [0.2, 0.25) is 0 Å². The highest BCUT2D eigenvalue weighted by molar-refractivity contribution is 7.89. The van der Waals surface area contributed by atoms with Gasteiger partial charge in [0.1, 0.15) is 0 Å². The van der Waals surface area contributed by atoms with E-state index in [1.54, 1.807) is 16.4 Å². The number of amides is 1. The normalized spacial score (nSPS) is 22.3. The van der Waals surface area contributed by atoms with Crippen LogP contribution in [0.25, 0.3) is 0 Å². The Bertz CT molecular complexity index is 1000. The smallest absolute Gasteiger partial charge is 0.255 e. The molecule has 1 fully saturated rings. The van der Waals surface area contributed by atoms with Crippen LogP contribution in [0.5, 0.6) is 0 Å². The van der Waals surface area contributed by atoms with Gasteiger partial charge in [-0.15, -0.1) is 0 Å². The summed E-state index contributed by atoms with van der Waals surface area (Å²) in [5.41, 5.74) is 3.89. The number of hydrogen-bond donors (Lipinski definition) is 1. The number of nitrogens with one attached hydrogen (secondary N) is 1. The monoisotopic (exact) mass is 412 g/mol. The largest absolute Gasteiger partial charge is 0.322 e. The Balaban J connectivity index is 1.47. The van der Waals surface area contributed by atoms with Gasteiger partial charge >= 0.3 is 0 Å². The summed E-state index contributed by atoms with van der Waals surface area (Å²) >= 11 is 0. The Morgan fingerprint density at radius 2 is 1.62 bits per heavy atom. The van der Waals surface area contributed by atoms with E-state index < -0.39 is 10.0 Å². The van der Waals surface area contributed by atoms with Gasteiger partial charge in [0.05, 0.1) is 4.90 Å². The summed E-state index contributed by atoms with van der Waals surface area (Å²) in [5.74, 6) is 0.476. The average molecular weight is 413 g/mol. The van der Waals surface area contributed by atoms with Gasteiger partial charge in [-0.05, 0) is 85.0 Å². The van der Waals surface area contributed by atoms with E-state index in [1.807, 2.05) is 12.1 Å². The first-order chi connectivity index (χ1) is 13.8. The van der Waals surface area contributed by atoms with Crippen LogP contribution in [0.15, 0.2) is 47.4 Å². The van der Waals surface area contributed by atoms with Crippen molar-refractivity contribution in [2.24, 2.45) is 11.8 Å². The second-order valence-corrected chi connectivity index (χ2v) is 10.5. The molecule has 2 aromatic rings. The van der Waals surface area contributed by atoms with Crippen molar-refractivity contribution in [3.05, 3.63) is 59.2 Å². The number of rotatable bonds is 4. The topological polar surface area (TPSA) is 66.5 Å². The van der Waals surface area contributed by atoms with Crippen molar-refractivity contribution in [3.8, 4) is 0 Å². The molecule has 0 radical (unpaired) electrons. The van der Waals surface area contributed by atoms with Crippen LogP contribution in [-0.4, -0.2) is 31.7 Å². The Morgan fingerprint density at radius 1 is 0.966 bits per heavy atom. The van der Waals surface area contributed by atoms with Gasteiger partial charge in [-0.3, -0.25) is 4.79 Å². The zero-order valence-electron chi connectivity index (χ0n) is 17.0. The minimum absolute atomic E-state index is 0.230. The van der Waals surface area contributed by atoms with Crippen molar-refractivity contribution in [2.75, 3.05) is 18.4 Å². The fourth-order valence-electron chi connectivity index (χ4n) is 4.58. The summed E-state index contributed by atoms with van der Waals surface area (Å²) in [5, 5.41) is 2.92. The number of anilines is 1. The summed E-state index contributed by atoms with van der Waals surface area (Å²) in [6.07, 6.45) is 4.37. The third kappa shape index (κ3) is 4.23. The number of sulfonamides is 1. The minimum Gasteiger partial charge on any atom is -0.322 e. The molecular weight excluding hydrogens is 384 g/mol. The van der Waals surface area contributed by atoms with E-state index in [2.05, 4.69) is 25.2 Å². The Labute approximate surface area is 173 Å². The third-order valence-electron chi connectivity index (χ3n) is 5.95. The van der Waals surface area contributed by atoms with Gasteiger partial charge in [-0.2, -0.15) is 4.31 Å². The molecule has 1 aliphatic heterocycles. The first-order valence-electron chi connectivity index (χ1n) is 10.4. The van der Waals surface area contributed by atoms with Crippen molar-refractivity contribution in [3.63, 3.8) is 0 Å². The maximum absolute atomic E-state index is 13.0. The molecule has 2 unspecified atom stereocenters. The first kappa shape index (κ1) is 20.1. The van der Waals surface area contributed by atoms with E-state index in [4.69, 9.17) is 0 Å². The summed E-state index contributed by atoms with van der Waals surface area (Å²) in [6.45, 7) is 5.27. The number of piperidine rings is 1. The third-order valence-corrected chi connectivity index (χ3v) is 7.79. The van der Waals surface area contributed by atoms with E-state index in [0.29, 0.717) is 30.5 Å². The highest BCUT2D eigenvalue weighted by Gasteiger charge is 2.31. The fourth-order valence-corrected chi connectivity index (χ4v) is 6.26.